The van der Waals surface area contributed by atoms with Crippen LogP contribution in [0.1, 0.15) is 30.9 Å². The van der Waals surface area contributed by atoms with Crippen LogP contribution in [0, 0.1) is 17.6 Å². The maximum atomic E-state index is 14.3. The number of rotatable bonds is 3. The fraction of sp³-hybridized carbons (Fsp3) is 0.350. The van der Waals surface area contributed by atoms with Gasteiger partial charge < -0.3 is 15.6 Å². The molecule has 1 aromatic carbocycles. The van der Waals surface area contributed by atoms with E-state index in [9.17, 15) is 8.78 Å². The Hall–Kier alpha value is -2.63. The number of hydrogen-bond acceptors (Lipinski definition) is 3. The molecule has 3 N–H and O–H groups in total. The van der Waals surface area contributed by atoms with Crippen LogP contribution in [0.5, 0.6) is 0 Å². The molecule has 4 rings (SSSR count). The van der Waals surface area contributed by atoms with Crippen LogP contribution in [0.4, 0.5) is 20.2 Å². The van der Waals surface area contributed by atoms with Crippen LogP contribution in [-0.4, -0.2) is 23.1 Å². The first-order chi connectivity index (χ1) is 12.5. The summed E-state index contributed by atoms with van der Waals surface area (Å²) in [5.74, 6) is -0.520. The Balaban J connectivity index is 1.68. The molecule has 3 heterocycles. The van der Waals surface area contributed by atoms with Crippen molar-refractivity contribution in [2.75, 3.05) is 23.7 Å². The molecule has 0 aliphatic carbocycles. The number of H-pyrrole nitrogens is 1. The van der Waals surface area contributed by atoms with Crippen molar-refractivity contribution in [2.45, 2.75) is 26.2 Å². The second kappa shape index (κ2) is 6.59. The first-order valence-electron chi connectivity index (χ1n) is 8.96. The van der Waals surface area contributed by atoms with Gasteiger partial charge in [-0.25, -0.2) is 13.8 Å². The molecule has 6 heteroatoms. The van der Waals surface area contributed by atoms with Crippen LogP contribution < -0.4 is 10.6 Å². The number of benzene rings is 1. The Morgan fingerprint density at radius 1 is 1.27 bits per heavy atom. The number of nitrogens with one attached hydrogen (secondary N) is 1. The number of aromatic amines is 1. The number of anilines is 2. The zero-order valence-corrected chi connectivity index (χ0v) is 14.7. The molecule has 136 valence electrons. The highest BCUT2D eigenvalue weighted by Crippen LogP contribution is 2.29. The molecule has 0 spiro atoms. The van der Waals surface area contributed by atoms with E-state index >= 15 is 0 Å². The van der Waals surface area contributed by atoms with Crippen molar-refractivity contribution in [2.24, 2.45) is 5.92 Å². The minimum atomic E-state index is -0.687. The minimum Gasteiger partial charge on any atom is -0.396 e. The van der Waals surface area contributed by atoms with Crippen molar-refractivity contribution in [1.29, 1.82) is 0 Å². The van der Waals surface area contributed by atoms with E-state index in [0.717, 1.165) is 54.1 Å². The van der Waals surface area contributed by atoms with Gasteiger partial charge in [0.05, 0.1) is 17.6 Å². The third-order valence-corrected chi connectivity index (χ3v) is 5.33. The van der Waals surface area contributed by atoms with E-state index in [1.807, 2.05) is 6.20 Å². The van der Waals surface area contributed by atoms with Crippen LogP contribution in [0.2, 0.25) is 0 Å². The molecule has 0 bridgehead atoms. The van der Waals surface area contributed by atoms with Crippen LogP contribution in [0.25, 0.3) is 11.0 Å². The number of pyridine rings is 1. The number of piperidine rings is 1. The summed E-state index contributed by atoms with van der Waals surface area (Å²) in [6.45, 7) is 4.29. The van der Waals surface area contributed by atoms with Gasteiger partial charge in [-0.3, -0.25) is 0 Å². The zero-order valence-electron chi connectivity index (χ0n) is 14.7. The molecule has 0 atom stereocenters. The average molecular weight is 356 g/mol. The molecule has 1 fully saturated rings. The quantitative estimate of drug-likeness (QED) is 0.690. The molecular weight excluding hydrogens is 334 g/mol. The van der Waals surface area contributed by atoms with E-state index in [1.54, 1.807) is 6.20 Å². The molecule has 1 aliphatic heterocycles. The van der Waals surface area contributed by atoms with Gasteiger partial charge in [0.25, 0.3) is 0 Å². The van der Waals surface area contributed by atoms with Gasteiger partial charge in [0, 0.05) is 36.7 Å². The number of hydrogen-bond donors (Lipinski definition) is 2. The van der Waals surface area contributed by atoms with Gasteiger partial charge >= 0.3 is 0 Å². The third kappa shape index (κ3) is 3.00. The second-order valence-corrected chi connectivity index (χ2v) is 7.18. The molecule has 2 aromatic heterocycles. The average Bonchev–Trinajstić information content (AvgIpc) is 3.05. The summed E-state index contributed by atoms with van der Waals surface area (Å²) in [4.78, 5) is 9.91. The second-order valence-electron chi connectivity index (χ2n) is 7.18. The van der Waals surface area contributed by atoms with E-state index in [0.29, 0.717) is 0 Å². The zero-order chi connectivity index (χ0) is 18.3. The maximum absolute atomic E-state index is 14.3. The van der Waals surface area contributed by atoms with Gasteiger partial charge in [-0.15, -0.1) is 0 Å². The number of nitrogens with two attached hydrogens (primary N) is 1. The molecule has 0 saturated carbocycles. The van der Waals surface area contributed by atoms with Crippen LogP contribution in [0.3, 0.4) is 0 Å². The third-order valence-electron chi connectivity index (χ3n) is 5.33. The molecule has 1 saturated heterocycles. The van der Waals surface area contributed by atoms with Crippen LogP contribution >= 0.6 is 0 Å². The molecule has 3 aromatic rings. The van der Waals surface area contributed by atoms with Crippen LogP contribution in [0.15, 0.2) is 30.6 Å². The first-order valence-corrected chi connectivity index (χ1v) is 8.96. The Labute approximate surface area is 151 Å². The predicted molar refractivity (Wildman–Crippen MR) is 100 cm³/mol. The summed E-state index contributed by atoms with van der Waals surface area (Å²) in [5, 5.41) is 0.891. The van der Waals surface area contributed by atoms with Crippen LogP contribution in [-0.2, 0) is 6.42 Å². The normalized spacial score (nSPS) is 15.7. The smallest absolute Gasteiger partial charge is 0.152 e. The molecule has 4 nitrogen and oxygen atoms in total. The van der Waals surface area contributed by atoms with Gasteiger partial charge in [-0.1, -0.05) is 6.92 Å². The monoisotopic (exact) mass is 356 g/mol. The Bertz CT molecular complexity index is 942. The van der Waals surface area contributed by atoms with Gasteiger partial charge in [0.1, 0.15) is 11.5 Å². The Morgan fingerprint density at radius 2 is 2.04 bits per heavy atom. The van der Waals surface area contributed by atoms with E-state index < -0.39 is 11.6 Å². The predicted octanol–water partition coefficient (Wildman–Crippen LogP) is 4.25. The fourth-order valence-corrected chi connectivity index (χ4v) is 3.60. The molecule has 0 unspecified atom stereocenters. The van der Waals surface area contributed by atoms with Crippen molar-refractivity contribution in [3.05, 3.63) is 53.4 Å². The fourth-order valence-electron chi connectivity index (χ4n) is 3.60. The van der Waals surface area contributed by atoms with Crippen molar-refractivity contribution in [3.63, 3.8) is 0 Å². The van der Waals surface area contributed by atoms with Gasteiger partial charge in [0.2, 0.25) is 0 Å². The summed E-state index contributed by atoms with van der Waals surface area (Å²) in [6.07, 6.45) is 6.09. The Kier molecular flexibility index (Phi) is 4.26. The SMILES string of the molecule is CC1CCN(c2cnc3[nH]cc(Cc4c(F)ccc(N)c4F)c3c2)CC1. The summed E-state index contributed by atoms with van der Waals surface area (Å²) in [5.41, 5.74) is 8.13. The highest BCUT2D eigenvalue weighted by molar-refractivity contribution is 5.83. The molecule has 1 aliphatic rings. The highest BCUT2D eigenvalue weighted by Gasteiger charge is 2.19. The number of fused-ring (bicyclic) bond motifs is 1. The first kappa shape index (κ1) is 16.8. The summed E-state index contributed by atoms with van der Waals surface area (Å²) in [6, 6.07) is 4.52. The minimum absolute atomic E-state index is 0.0110. The molecular formula is C20H22F2N4. The molecule has 0 amide bonds. The number of halogens is 2. The van der Waals surface area contributed by atoms with Gasteiger partial charge in [-0.2, -0.15) is 0 Å². The lowest BCUT2D eigenvalue weighted by Gasteiger charge is -2.31. The van der Waals surface area contributed by atoms with Gasteiger partial charge in [-0.05, 0) is 42.5 Å². The lowest BCUT2D eigenvalue weighted by atomic mass is 9.98. The van der Waals surface area contributed by atoms with E-state index in [4.69, 9.17) is 5.73 Å². The number of nitrogen functional groups attached to an aromatic ring is 1. The Morgan fingerprint density at radius 3 is 2.81 bits per heavy atom. The largest absolute Gasteiger partial charge is 0.396 e. The molecule has 0 radical (unpaired) electrons. The number of aromatic nitrogens is 2. The summed E-state index contributed by atoms with van der Waals surface area (Å²) < 4.78 is 28.4. The number of nitrogens with zero attached hydrogens (tertiary/aromatic N) is 2. The topological polar surface area (TPSA) is 57.9 Å². The van der Waals surface area contributed by atoms with E-state index in [2.05, 4.69) is 27.9 Å². The highest BCUT2D eigenvalue weighted by atomic mass is 19.1. The van der Waals surface area contributed by atoms with Crippen molar-refractivity contribution in [1.82, 2.24) is 9.97 Å². The standard InChI is InChI=1S/C20H22F2N4/c1-12-4-6-26(7-5-12)14-9-15-13(10-24-20(15)25-11-14)8-16-17(21)2-3-18(23)19(16)22/h2-3,9-12H,4-8,23H2,1H3,(H,24,25). The molecule has 26 heavy (non-hydrogen) atoms. The van der Waals surface area contributed by atoms with Gasteiger partial charge in [0.15, 0.2) is 5.82 Å². The summed E-state index contributed by atoms with van der Waals surface area (Å²) >= 11 is 0. The van der Waals surface area contributed by atoms with E-state index in [1.165, 1.54) is 12.1 Å². The lowest BCUT2D eigenvalue weighted by molar-refractivity contribution is 0.438. The maximum Gasteiger partial charge on any atom is 0.152 e. The lowest BCUT2D eigenvalue weighted by Crippen LogP contribution is -2.32. The van der Waals surface area contributed by atoms with Crippen molar-refractivity contribution < 1.29 is 8.78 Å². The summed E-state index contributed by atoms with van der Waals surface area (Å²) in [7, 11) is 0. The van der Waals surface area contributed by atoms with E-state index in [-0.39, 0.29) is 17.7 Å². The van der Waals surface area contributed by atoms with Crippen molar-refractivity contribution >= 4 is 22.4 Å². The van der Waals surface area contributed by atoms with Crippen molar-refractivity contribution in [3.8, 4) is 0 Å².